The van der Waals surface area contributed by atoms with Crippen molar-refractivity contribution in [1.29, 1.82) is 0 Å². The van der Waals surface area contributed by atoms with Crippen LogP contribution < -0.4 is 5.56 Å². The minimum atomic E-state index is -0.119. The maximum absolute atomic E-state index is 12.7. The molecule has 8 heteroatoms. The van der Waals surface area contributed by atoms with Crippen LogP contribution in [0.3, 0.4) is 0 Å². The lowest BCUT2D eigenvalue weighted by Crippen LogP contribution is -2.18. The summed E-state index contributed by atoms with van der Waals surface area (Å²) in [6.07, 6.45) is 5.14. The Morgan fingerprint density at radius 3 is 2.79 bits per heavy atom. The van der Waals surface area contributed by atoms with E-state index in [2.05, 4.69) is 20.2 Å². The molecule has 0 aliphatic heterocycles. The van der Waals surface area contributed by atoms with E-state index in [-0.39, 0.29) is 11.4 Å². The number of fused-ring (bicyclic) bond motifs is 1. The Morgan fingerprint density at radius 1 is 1.04 bits per heavy atom. The summed E-state index contributed by atoms with van der Waals surface area (Å²) in [5.41, 5.74) is 1.10. The summed E-state index contributed by atoms with van der Waals surface area (Å²) in [7, 11) is 1.69. The van der Waals surface area contributed by atoms with Crippen molar-refractivity contribution in [3.8, 4) is 28.8 Å². The first kappa shape index (κ1) is 16.1. The van der Waals surface area contributed by atoms with E-state index in [0.717, 1.165) is 5.39 Å². The van der Waals surface area contributed by atoms with Crippen molar-refractivity contribution in [3.63, 3.8) is 0 Å². The van der Waals surface area contributed by atoms with Crippen molar-refractivity contribution in [2.24, 2.45) is 7.05 Å². The van der Waals surface area contributed by atoms with Crippen LogP contribution in [0.25, 0.3) is 39.6 Å². The SMILES string of the molecule is Cn1c(-c2nc(-c3cccnc3-n3cccn3)no2)cc2ccccc2c1=O. The molecule has 4 heterocycles. The third kappa shape index (κ3) is 2.50. The molecule has 0 saturated carbocycles. The first-order valence-electron chi connectivity index (χ1n) is 8.60. The van der Waals surface area contributed by atoms with Crippen LogP contribution in [-0.2, 0) is 7.05 Å². The number of hydrogen-bond acceptors (Lipinski definition) is 6. The van der Waals surface area contributed by atoms with Gasteiger partial charge in [0, 0.05) is 31.0 Å². The molecule has 28 heavy (non-hydrogen) atoms. The highest BCUT2D eigenvalue weighted by molar-refractivity contribution is 5.84. The maximum atomic E-state index is 12.7. The zero-order valence-electron chi connectivity index (χ0n) is 14.9. The number of aromatic nitrogens is 6. The van der Waals surface area contributed by atoms with Gasteiger partial charge in [-0.2, -0.15) is 10.1 Å². The van der Waals surface area contributed by atoms with Crippen molar-refractivity contribution >= 4 is 10.8 Å². The van der Waals surface area contributed by atoms with Crippen LogP contribution in [0.15, 0.2) is 76.4 Å². The van der Waals surface area contributed by atoms with Crippen LogP contribution >= 0.6 is 0 Å². The van der Waals surface area contributed by atoms with Crippen molar-refractivity contribution in [2.45, 2.75) is 0 Å². The van der Waals surface area contributed by atoms with Crippen molar-refractivity contribution < 1.29 is 4.52 Å². The lowest BCUT2D eigenvalue weighted by molar-refractivity contribution is 0.429. The predicted molar refractivity (Wildman–Crippen MR) is 103 cm³/mol. The molecule has 0 amide bonds. The van der Waals surface area contributed by atoms with Gasteiger partial charge in [0.2, 0.25) is 5.82 Å². The van der Waals surface area contributed by atoms with Crippen molar-refractivity contribution in [3.05, 3.63) is 77.5 Å². The molecular formula is C20H14N6O2. The fraction of sp³-hybridized carbons (Fsp3) is 0.0500. The summed E-state index contributed by atoms with van der Waals surface area (Å²) in [6, 6.07) is 14.7. The molecule has 0 aliphatic rings. The number of nitrogens with zero attached hydrogens (tertiary/aromatic N) is 6. The van der Waals surface area contributed by atoms with Gasteiger partial charge >= 0.3 is 0 Å². The van der Waals surface area contributed by atoms with Crippen LogP contribution in [0, 0.1) is 0 Å². The van der Waals surface area contributed by atoms with E-state index in [4.69, 9.17) is 4.52 Å². The Bertz CT molecular complexity index is 1350. The summed E-state index contributed by atoms with van der Waals surface area (Å²) in [6.45, 7) is 0. The first-order chi connectivity index (χ1) is 13.7. The molecule has 8 nitrogen and oxygen atoms in total. The van der Waals surface area contributed by atoms with Crippen molar-refractivity contribution in [1.82, 2.24) is 29.5 Å². The van der Waals surface area contributed by atoms with Crippen LogP contribution in [-0.4, -0.2) is 29.5 Å². The lowest BCUT2D eigenvalue weighted by atomic mass is 10.1. The normalized spacial score (nSPS) is 11.2. The molecule has 0 unspecified atom stereocenters. The van der Waals surface area contributed by atoms with E-state index in [1.165, 1.54) is 4.57 Å². The molecule has 0 N–H and O–H groups in total. The molecule has 0 saturated heterocycles. The standard InChI is InChI=1S/C20H14N6O2/c1-25-16(12-13-6-2-3-7-14(13)20(25)27)19-23-17(24-28-19)15-8-4-9-21-18(15)26-11-5-10-22-26/h2-12H,1H3. The topological polar surface area (TPSA) is 91.6 Å². The Morgan fingerprint density at radius 2 is 1.93 bits per heavy atom. The second-order valence-corrected chi connectivity index (χ2v) is 6.23. The molecule has 5 rings (SSSR count). The molecule has 5 aromatic rings. The van der Waals surface area contributed by atoms with Gasteiger partial charge in [-0.1, -0.05) is 23.4 Å². The summed E-state index contributed by atoms with van der Waals surface area (Å²) in [4.78, 5) is 21.5. The summed E-state index contributed by atoms with van der Waals surface area (Å²) >= 11 is 0. The van der Waals surface area contributed by atoms with Gasteiger partial charge in [0.25, 0.3) is 11.4 Å². The average molecular weight is 370 g/mol. The minimum Gasteiger partial charge on any atom is -0.332 e. The number of pyridine rings is 2. The van der Waals surface area contributed by atoms with Crippen LogP contribution in [0.1, 0.15) is 0 Å². The van der Waals surface area contributed by atoms with E-state index < -0.39 is 0 Å². The Kier molecular flexibility index (Phi) is 3.61. The highest BCUT2D eigenvalue weighted by atomic mass is 16.5. The molecule has 0 spiro atoms. The molecule has 0 fully saturated rings. The monoisotopic (exact) mass is 370 g/mol. The Hall–Kier alpha value is -4.07. The fourth-order valence-electron chi connectivity index (χ4n) is 3.14. The molecule has 1 aromatic carbocycles. The van der Waals surface area contributed by atoms with Gasteiger partial charge in [0.1, 0.15) is 5.69 Å². The second kappa shape index (κ2) is 6.27. The molecule has 136 valence electrons. The van der Waals surface area contributed by atoms with E-state index >= 15 is 0 Å². The number of hydrogen-bond donors (Lipinski definition) is 0. The van der Waals surface area contributed by atoms with Crippen molar-refractivity contribution in [2.75, 3.05) is 0 Å². The Labute approximate surface area is 158 Å². The highest BCUT2D eigenvalue weighted by Crippen LogP contribution is 2.26. The third-order valence-electron chi connectivity index (χ3n) is 4.54. The second-order valence-electron chi connectivity index (χ2n) is 6.23. The third-order valence-corrected chi connectivity index (χ3v) is 4.54. The van der Waals surface area contributed by atoms with Crippen LogP contribution in [0.5, 0.6) is 0 Å². The van der Waals surface area contributed by atoms with E-state index in [0.29, 0.717) is 28.3 Å². The molecule has 0 bridgehead atoms. The van der Waals surface area contributed by atoms with Gasteiger partial charge in [-0.15, -0.1) is 0 Å². The highest BCUT2D eigenvalue weighted by Gasteiger charge is 2.18. The average Bonchev–Trinajstić information content (AvgIpc) is 3.43. The zero-order chi connectivity index (χ0) is 19.1. The van der Waals surface area contributed by atoms with Gasteiger partial charge in [-0.25, -0.2) is 9.67 Å². The predicted octanol–water partition coefficient (Wildman–Crippen LogP) is 2.84. The molecule has 0 aliphatic carbocycles. The molecule has 0 atom stereocenters. The Balaban J connectivity index is 1.65. The maximum Gasteiger partial charge on any atom is 0.274 e. The smallest absolute Gasteiger partial charge is 0.274 e. The quantitative estimate of drug-likeness (QED) is 0.485. The summed E-state index contributed by atoms with van der Waals surface area (Å²) < 4.78 is 8.63. The van der Waals surface area contributed by atoms with Gasteiger partial charge < -0.3 is 9.09 Å². The van der Waals surface area contributed by atoms with E-state index in [1.54, 1.807) is 42.5 Å². The lowest BCUT2D eigenvalue weighted by Gasteiger charge is -2.06. The summed E-state index contributed by atoms with van der Waals surface area (Å²) in [5.74, 6) is 1.22. The largest absolute Gasteiger partial charge is 0.332 e. The van der Waals surface area contributed by atoms with Crippen LogP contribution in [0.4, 0.5) is 0 Å². The van der Waals surface area contributed by atoms with Crippen LogP contribution in [0.2, 0.25) is 0 Å². The zero-order valence-corrected chi connectivity index (χ0v) is 14.9. The molecule has 4 aromatic heterocycles. The molecule has 0 radical (unpaired) electrons. The minimum absolute atomic E-state index is 0.119. The van der Waals surface area contributed by atoms with Gasteiger partial charge in [-0.3, -0.25) is 4.79 Å². The van der Waals surface area contributed by atoms with Gasteiger partial charge in [-0.05, 0) is 35.7 Å². The summed E-state index contributed by atoms with van der Waals surface area (Å²) in [5, 5.41) is 9.78. The fourth-order valence-corrected chi connectivity index (χ4v) is 3.14. The van der Waals surface area contributed by atoms with Gasteiger partial charge in [0.05, 0.1) is 5.56 Å². The van der Waals surface area contributed by atoms with E-state index in [9.17, 15) is 4.79 Å². The van der Waals surface area contributed by atoms with E-state index in [1.807, 2.05) is 36.4 Å². The number of benzene rings is 1. The van der Waals surface area contributed by atoms with Gasteiger partial charge in [0.15, 0.2) is 5.82 Å². The number of rotatable bonds is 3. The first-order valence-corrected chi connectivity index (χ1v) is 8.60. The molecular weight excluding hydrogens is 356 g/mol.